The van der Waals surface area contributed by atoms with Crippen LogP contribution in [0.2, 0.25) is 10.0 Å². The van der Waals surface area contributed by atoms with E-state index in [-0.39, 0.29) is 5.91 Å². The summed E-state index contributed by atoms with van der Waals surface area (Å²) in [5.41, 5.74) is 0.439. The molecule has 3 aromatic rings. The second-order valence-corrected chi connectivity index (χ2v) is 9.12. The molecule has 1 aliphatic heterocycles. The van der Waals surface area contributed by atoms with Crippen LogP contribution in [0.4, 0.5) is 11.6 Å². The Morgan fingerprint density at radius 2 is 1.87 bits per heavy atom. The molecule has 0 unspecified atom stereocenters. The van der Waals surface area contributed by atoms with Crippen molar-refractivity contribution in [3.8, 4) is 0 Å². The number of furan rings is 1. The van der Waals surface area contributed by atoms with Crippen molar-refractivity contribution in [3.63, 3.8) is 0 Å². The van der Waals surface area contributed by atoms with E-state index in [0.29, 0.717) is 34.5 Å². The first-order valence-electron chi connectivity index (χ1n) is 10.2. The van der Waals surface area contributed by atoms with E-state index in [0.717, 1.165) is 42.8 Å². The van der Waals surface area contributed by atoms with Gasteiger partial charge >= 0.3 is 0 Å². The van der Waals surface area contributed by atoms with Crippen LogP contribution in [0.3, 0.4) is 0 Å². The molecule has 1 aromatic carbocycles. The van der Waals surface area contributed by atoms with Crippen LogP contribution in [0.15, 0.2) is 46.2 Å². The van der Waals surface area contributed by atoms with Crippen molar-refractivity contribution in [2.45, 2.75) is 37.4 Å². The molecule has 1 saturated heterocycles. The predicted octanol–water partition coefficient (Wildman–Crippen LogP) is 5.34. The van der Waals surface area contributed by atoms with Crippen LogP contribution in [0, 0.1) is 0 Å². The van der Waals surface area contributed by atoms with Gasteiger partial charge in [-0.25, -0.2) is 0 Å². The summed E-state index contributed by atoms with van der Waals surface area (Å²) in [5.74, 6) is 2.08. The van der Waals surface area contributed by atoms with Crippen molar-refractivity contribution in [1.29, 1.82) is 0 Å². The van der Waals surface area contributed by atoms with E-state index in [2.05, 4.69) is 25.0 Å². The molecule has 7 nitrogen and oxygen atoms in total. The number of hydrogen-bond acceptors (Lipinski definition) is 6. The normalized spacial score (nSPS) is 14.1. The van der Waals surface area contributed by atoms with Crippen LogP contribution in [-0.2, 0) is 11.3 Å². The van der Waals surface area contributed by atoms with Crippen LogP contribution in [0.5, 0.6) is 0 Å². The first kappa shape index (κ1) is 22.0. The number of carbonyl (C=O) groups excluding carboxylic acids is 1. The minimum Gasteiger partial charge on any atom is -0.467 e. The summed E-state index contributed by atoms with van der Waals surface area (Å²) in [6.45, 7) is 2.50. The van der Waals surface area contributed by atoms with Crippen molar-refractivity contribution in [2.24, 2.45) is 0 Å². The van der Waals surface area contributed by atoms with Gasteiger partial charge in [0.25, 0.3) is 0 Å². The third kappa shape index (κ3) is 5.56. The molecule has 0 saturated carbocycles. The highest BCUT2D eigenvalue weighted by Crippen LogP contribution is 2.30. The quantitative estimate of drug-likeness (QED) is 0.439. The first-order chi connectivity index (χ1) is 15.1. The monoisotopic (exact) mass is 479 g/mol. The number of halogens is 2. The average Bonchev–Trinajstić information content (AvgIpc) is 3.42. The van der Waals surface area contributed by atoms with E-state index >= 15 is 0 Å². The van der Waals surface area contributed by atoms with E-state index in [9.17, 15) is 4.79 Å². The van der Waals surface area contributed by atoms with E-state index < -0.39 is 0 Å². The van der Waals surface area contributed by atoms with E-state index in [1.54, 1.807) is 24.5 Å². The number of piperidine rings is 1. The Hall–Kier alpha value is -2.16. The summed E-state index contributed by atoms with van der Waals surface area (Å²) in [4.78, 5) is 14.7. The van der Waals surface area contributed by atoms with Crippen LogP contribution in [0.25, 0.3) is 0 Å². The van der Waals surface area contributed by atoms with Gasteiger partial charge in [0, 0.05) is 25.3 Å². The Balaban J connectivity index is 1.41. The highest BCUT2D eigenvalue weighted by molar-refractivity contribution is 7.99. The molecule has 164 valence electrons. The summed E-state index contributed by atoms with van der Waals surface area (Å²) in [6, 6.07) is 8.93. The predicted molar refractivity (Wildman–Crippen MR) is 124 cm³/mol. The lowest BCUT2D eigenvalue weighted by atomic mass is 10.1. The standard InChI is InChI=1S/C21H23Cl2N5O2S/c22-16-7-4-8-17(23)19(16)24-18(29)9-13-31-21-26-25-20(27-10-2-1-3-11-27)28(21)14-15-6-5-12-30-15/h4-8,12H,1-3,9-11,13-14H2,(H,24,29). The molecule has 1 aliphatic rings. The number of anilines is 2. The molecule has 1 N–H and O–H groups in total. The lowest BCUT2D eigenvalue weighted by molar-refractivity contribution is -0.115. The number of rotatable bonds is 8. The zero-order valence-corrected chi connectivity index (χ0v) is 19.2. The number of amides is 1. The lowest BCUT2D eigenvalue weighted by Crippen LogP contribution is -2.32. The zero-order chi connectivity index (χ0) is 21.6. The van der Waals surface area contributed by atoms with E-state index in [4.69, 9.17) is 27.6 Å². The molecular weight excluding hydrogens is 457 g/mol. The van der Waals surface area contributed by atoms with Crippen LogP contribution >= 0.6 is 35.0 Å². The Kier molecular flexibility index (Phi) is 7.42. The zero-order valence-electron chi connectivity index (χ0n) is 16.9. The number of aromatic nitrogens is 3. The highest BCUT2D eigenvalue weighted by atomic mass is 35.5. The number of thioether (sulfide) groups is 1. The van der Waals surface area contributed by atoms with Gasteiger partial charge in [-0.1, -0.05) is 41.0 Å². The molecule has 0 aliphatic carbocycles. The van der Waals surface area contributed by atoms with Crippen molar-refractivity contribution < 1.29 is 9.21 Å². The maximum absolute atomic E-state index is 12.4. The lowest BCUT2D eigenvalue weighted by Gasteiger charge is -2.27. The van der Waals surface area contributed by atoms with Gasteiger partial charge in [0.05, 0.1) is 28.5 Å². The Morgan fingerprint density at radius 1 is 1.10 bits per heavy atom. The van der Waals surface area contributed by atoms with Gasteiger partial charge in [0.1, 0.15) is 5.76 Å². The second kappa shape index (κ2) is 10.4. The molecule has 1 amide bonds. The number of nitrogens with one attached hydrogen (secondary N) is 1. The summed E-state index contributed by atoms with van der Waals surface area (Å²) in [6.07, 6.45) is 5.51. The minimum absolute atomic E-state index is 0.157. The molecule has 3 heterocycles. The van der Waals surface area contributed by atoms with Gasteiger partial charge in [-0.05, 0) is 43.5 Å². The average molecular weight is 480 g/mol. The van der Waals surface area contributed by atoms with E-state index in [1.165, 1.54) is 18.2 Å². The van der Waals surface area contributed by atoms with E-state index in [1.807, 2.05) is 12.1 Å². The van der Waals surface area contributed by atoms with Gasteiger partial charge < -0.3 is 14.6 Å². The molecule has 2 aromatic heterocycles. The number of nitrogens with zero attached hydrogens (tertiary/aromatic N) is 4. The summed E-state index contributed by atoms with van der Waals surface area (Å²) < 4.78 is 7.61. The SMILES string of the molecule is O=C(CCSc1nnc(N2CCCCC2)n1Cc1ccco1)Nc1c(Cl)cccc1Cl. The van der Waals surface area contributed by atoms with Gasteiger partial charge in [0.15, 0.2) is 5.16 Å². The fourth-order valence-electron chi connectivity index (χ4n) is 3.47. The van der Waals surface area contributed by atoms with Gasteiger partial charge in [-0.15, -0.1) is 10.2 Å². The van der Waals surface area contributed by atoms with Crippen molar-refractivity contribution in [2.75, 3.05) is 29.1 Å². The Bertz CT molecular complexity index is 999. The summed E-state index contributed by atoms with van der Waals surface area (Å²) in [7, 11) is 0. The van der Waals surface area contributed by atoms with Gasteiger partial charge in [-0.3, -0.25) is 9.36 Å². The van der Waals surface area contributed by atoms with Gasteiger partial charge in [-0.2, -0.15) is 0 Å². The molecule has 1 fully saturated rings. The third-order valence-electron chi connectivity index (χ3n) is 5.02. The number of para-hydroxylation sites is 1. The molecule has 4 rings (SSSR count). The van der Waals surface area contributed by atoms with Crippen LogP contribution in [-0.4, -0.2) is 39.5 Å². The Morgan fingerprint density at radius 3 is 2.58 bits per heavy atom. The maximum atomic E-state index is 12.4. The second-order valence-electron chi connectivity index (χ2n) is 7.24. The molecule has 0 atom stereocenters. The smallest absolute Gasteiger partial charge is 0.228 e. The fraction of sp³-hybridized carbons (Fsp3) is 0.381. The third-order valence-corrected chi connectivity index (χ3v) is 6.62. The highest BCUT2D eigenvalue weighted by Gasteiger charge is 2.21. The number of hydrogen-bond donors (Lipinski definition) is 1. The summed E-state index contributed by atoms with van der Waals surface area (Å²) >= 11 is 13.8. The molecule has 0 bridgehead atoms. The first-order valence-corrected chi connectivity index (χ1v) is 11.9. The van der Waals surface area contributed by atoms with Crippen molar-refractivity contribution >= 4 is 52.5 Å². The minimum atomic E-state index is -0.157. The van der Waals surface area contributed by atoms with Crippen molar-refractivity contribution in [1.82, 2.24) is 14.8 Å². The largest absolute Gasteiger partial charge is 0.467 e. The molecular formula is C21H23Cl2N5O2S. The van der Waals surface area contributed by atoms with Crippen molar-refractivity contribution in [3.05, 3.63) is 52.4 Å². The van der Waals surface area contributed by atoms with Gasteiger partial charge in [0.2, 0.25) is 11.9 Å². The Labute approximate surface area is 195 Å². The molecule has 0 radical (unpaired) electrons. The molecule has 0 spiro atoms. The molecule has 31 heavy (non-hydrogen) atoms. The van der Waals surface area contributed by atoms with Crippen LogP contribution in [0.1, 0.15) is 31.4 Å². The summed E-state index contributed by atoms with van der Waals surface area (Å²) in [5, 5.41) is 13.2. The number of benzene rings is 1. The fourth-order valence-corrected chi connectivity index (χ4v) is 4.83. The van der Waals surface area contributed by atoms with Crippen LogP contribution < -0.4 is 10.2 Å². The topological polar surface area (TPSA) is 76.2 Å². The molecule has 10 heteroatoms. The maximum Gasteiger partial charge on any atom is 0.228 e. The number of carbonyl (C=O) groups is 1.